The number of anilines is 1. The van der Waals surface area contributed by atoms with Crippen LogP contribution in [-0.4, -0.2) is 28.5 Å². The molecule has 1 aromatic rings. The highest BCUT2D eigenvalue weighted by molar-refractivity contribution is 7.09. The van der Waals surface area contributed by atoms with Gasteiger partial charge in [-0.15, -0.1) is 0 Å². The number of rotatable bonds is 4. The van der Waals surface area contributed by atoms with Crippen molar-refractivity contribution in [3.63, 3.8) is 0 Å². The van der Waals surface area contributed by atoms with E-state index >= 15 is 0 Å². The molecule has 0 bridgehead atoms. The summed E-state index contributed by atoms with van der Waals surface area (Å²) in [6, 6.07) is 0.577. The average molecular weight is 226 g/mol. The molecule has 0 spiro atoms. The van der Waals surface area contributed by atoms with Gasteiger partial charge in [-0.05, 0) is 32.2 Å². The van der Waals surface area contributed by atoms with Crippen molar-refractivity contribution in [3.05, 3.63) is 6.33 Å². The third kappa shape index (κ3) is 2.13. The quantitative estimate of drug-likeness (QED) is 0.845. The Morgan fingerprint density at radius 3 is 3.07 bits per heavy atom. The van der Waals surface area contributed by atoms with Gasteiger partial charge < -0.3 is 10.6 Å². The molecule has 1 aliphatic carbocycles. The minimum absolute atomic E-state index is 0.577. The first-order valence-corrected chi connectivity index (χ1v) is 6.37. The van der Waals surface area contributed by atoms with E-state index in [4.69, 9.17) is 5.73 Å². The zero-order valence-electron chi connectivity index (χ0n) is 9.09. The van der Waals surface area contributed by atoms with E-state index in [0.29, 0.717) is 12.0 Å². The van der Waals surface area contributed by atoms with E-state index in [9.17, 15) is 0 Å². The van der Waals surface area contributed by atoms with Crippen LogP contribution in [0.15, 0.2) is 6.33 Å². The van der Waals surface area contributed by atoms with Crippen LogP contribution in [0.2, 0.25) is 0 Å². The van der Waals surface area contributed by atoms with Crippen LogP contribution in [0, 0.1) is 5.92 Å². The van der Waals surface area contributed by atoms with Crippen LogP contribution in [0.5, 0.6) is 0 Å². The molecule has 1 heterocycles. The van der Waals surface area contributed by atoms with Gasteiger partial charge in [0.25, 0.3) is 0 Å². The maximum atomic E-state index is 5.81. The number of nitrogens with zero attached hydrogens (tertiary/aromatic N) is 3. The second-order valence-corrected chi connectivity index (χ2v) is 4.76. The van der Waals surface area contributed by atoms with Crippen molar-refractivity contribution in [2.45, 2.75) is 32.2 Å². The summed E-state index contributed by atoms with van der Waals surface area (Å²) in [4.78, 5) is 6.66. The lowest BCUT2D eigenvalue weighted by molar-refractivity contribution is 0.461. The van der Waals surface area contributed by atoms with E-state index in [1.165, 1.54) is 30.8 Å². The molecule has 1 fully saturated rings. The Balaban J connectivity index is 2.12. The van der Waals surface area contributed by atoms with Crippen LogP contribution in [0.3, 0.4) is 0 Å². The summed E-state index contributed by atoms with van der Waals surface area (Å²) in [6.07, 6.45) is 5.43. The second kappa shape index (κ2) is 4.90. The monoisotopic (exact) mass is 226 g/mol. The van der Waals surface area contributed by atoms with E-state index in [2.05, 4.69) is 21.2 Å². The summed E-state index contributed by atoms with van der Waals surface area (Å²) in [5.74, 6) is 0.633. The zero-order chi connectivity index (χ0) is 10.7. The summed E-state index contributed by atoms with van der Waals surface area (Å²) in [5, 5.41) is 1.04. The molecule has 0 aromatic carbocycles. The van der Waals surface area contributed by atoms with Gasteiger partial charge in [-0.2, -0.15) is 4.37 Å². The van der Waals surface area contributed by atoms with Gasteiger partial charge in [0.2, 0.25) is 5.13 Å². The van der Waals surface area contributed by atoms with Gasteiger partial charge >= 0.3 is 0 Å². The molecule has 0 radical (unpaired) electrons. The third-order valence-electron chi connectivity index (χ3n) is 3.26. The Labute approximate surface area is 94.7 Å². The number of nitrogens with two attached hydrogens (primary N) is 1. The molecular weight excluding hydrogens is 208 g/mol. The molecule has 15 heavy (non-hydrogen) atoms. The van der Waals surface area contributed by atoms with Crippen LogP contribution in [0.1, 0.15) is 26.2 Å². The summed E-state index contributed by atoms with van der Waals surface area (Å²) in [5.41, 5.74) is 5.81. The SMILES string of the molecule is CCN(c1ncns1)C1CCCC1CN. The standard InChI is InChI=1S/C10H18N4S/c1-2-14(10-12-7-13-15-10)9-5-3-4-8(9)6-11/h7-9H,2-6,11H2,1H3. The topological polar surface area (TPSA) is 55.0 Å². The fourth-order valence-electron chi connectivity index (χ4n) is 2.51. The van der Waals surface area contributed by atoms with Crippen molar-refractivity contribution >= 4 is 16.7 Å². The first kappa shape index (κ1) is 10.8. The van der Waals surface area contributed by atoms with Crippen molar-refractivity contribution in [2.24, 2.45) is 11.7 Å². The fraction of sp³-hybridized carbons (Fsp3) is 0.800. The Morgan fingerprint density at radius 1 is 1.60 bits per heavy atom. The molecule has 0 amide bonds. The zero-order valence-corrected chi connectivity index (χ0v) is 9.91. The first-order valence-electron chi connectivity index (χ1n) is 5.60. The van der Waals surface area contributed by atoms with Crippen molar-refractivity contribution < 1.29 is 0 Å². The van der Waals surface area contributed by atoms with E-state index in [-0.39, 0.29) is 0 Å². The van der Waals surface area contributed by atoms with Gasteiger partial charge in [0.1, 0.15) is 6.33 Å². The summed E-state index contributed by atoms with van der Waals surface area (Å²) >= 11 is 1.48. The normalized spacial score (nSPS) is 25.7. The highest BCUT2D eigenvalue weighted by atomic mass is 32.1. The summed E-state index contributed by atoms with van der Waals surface area (Å²) < 4.78 is 4.07. The van der Waals surface area contributed by atoms with Gasteiger partial charge in [0.15, 0.2) is 0 Å². The minimum Gasteiger partial charge on any atom is -0.344 e. The van der Waals surface area contributed by atoms with E-state index in [0.717, 1.165) is 18.2 Å². The molecule has 4 nitrogen and oxygen atoms in total. The van der Waals surface area contributed by atoms with Crippen molar-refractivity contribution in [1.82, 2.24) is 9.36 Å². The smallest absolute Gasteiger partial charge is 0.205 e. The second-order valence-electron chi connectivity index (χ2n) is 4.00. The molecule has 0 saturated heterocycles. The van der Waals surface area contributed by atoms with Gasteiger partial charge in [-0.25, -0.2) is 4.98 Å². The Bertz CT molecular complexity index is 288. The Morgan fingerprint density at radius 2 is 2.47 bits per heavy atom. The van der Waals surface area contributed by atoms with Crippen molar-refractivity contribution in [2.75, 3.05) is 18.0 Å². The van der Waals surface area contributed by atoms with Gasteiger partial charge in [-0.3, -0.25) is 0 Å². The van der Waals surface area contributed by atoms with Gasteiger partial charge in [0.05, 0.1) is 0 Å². The molecule has 5 heteroatoms. The van der Waals surface area contributed by atoms with Gasteiger partial charge in [-0.1, -0.05) is 6.42 Å². The first-order chi connectivity index (χ1) is 7.36. The van der Waals surface area contributed by atoms with Crippen molar-refractivity contribution in [1.29, 1.82) is 0 Å². The predicted molar refractivity (Wildman–Crippen MR) is 63.1 cm³/mol. The fourth-order valence-corrected chi connectivity index (χ4v) is 3.16. The molecule has 1 saturated carbocycles. The maximum Gasteiger partial charge on any atom is 0.205 e. The third-order valence-corrected chi connectivity index (χ3v) is 3.96. The van der Waals surface area contributed by atoms with Crippen LogP contribution < -0.4 is 10.6 Å². The van der Waals surface area contributed by atoms with Gasteiger partial charge in [0, 0.05) is 24.1 Å². The predicted octanol–water partition coefficient (Wildman–Crippen LogP) is 1.49. The molecule has 2 N–H and O–H groups in total. The number of aromatic nitrogens is 2. The Hall–Kier alpha value is -0.680. The lowest BCUT2D eigenvalue weighted by atomic mass is 10.0. The van der Waals surface area contributed by atoms with E-state index < -0.39 is 0 Å². The molecule has 1 aliphatic rings. The molecule has 2 atom stereocenters. The molecule has 0 aliphatic heterocycles. The maximum absolute atomic E-state index is 5.81. The van der Waals surface area contributed by atoms with E-state index in [1.54, 1.807) is 6.33 Å². The number of hydrogen-bond donors (Lipinski definition) is 1. The minimum atomic E-state index is 0.577. The highest BCUT2D eigenvalue weighted by Crippen LogP contribution is 2.32. The van der Waals surface area contributed by atoms with Crippen LogP contribution >= 0.6 is 11.5 Å². The van der Waals surface area contributed by atoms with Crippen LogP contribution in [0.4, 0.5) is 5.13 Å². The molecular formula is C10H18N4S. The largest absolute Gasteiger partial charge is 0.344 e. The van der Waals surface area contributed by atoms with E-state index in [1.807, 2.05) is 0 Å². The van der Waals surface area contributed by atoms with Crippen molar-refractivity contribution in [3.8, 4) is 0 Å². The Kier molecular flexibility index (Phi) is 3.53. The molecule has 1 aromatic heterocycles. The summed E-state index contributed by atoms with van der Waals surface area (Å²) in [7, 11) is 0. The highest BCUT2D eigenvalue weighted by Gasteiger charge is 2.31. The molecule has 84 valence electrons. The number of hydrogen-bond acceptors (Lipinski definition) is 5. The lowest BCUT2D eigenvalue weighted by Crippen LogP contribution is -2.40. The molecule has 2 unspecified atom stereocenters. The van der Waals surface area contributed by atoms with Crippen LogP contribution in [-0.2, 0) is 0 Å². The lowest BCUT2D eigenvalue weighted by Gasteiger charge is -2.31. The van der Waals surface area contributed by atoms with Crippen LogP contribution in [0.25, 0.3) is 0 Å². The summed E-state index contributed by atoms with van der Waals surface area (Å²) in [6.45, 7) is 3.96. The molecule has 2 rings (SSSR count). The average Bonchev–Trinajstić information content (AvgIpc) is 2.89.